The molecule has 0 saturated carbocycles. The van der Waals surface area contributed by atoms with Crippen molar-refractivity contribution < 1.29 is 0 Å². The van der Waals surface area contributed by atoms with Crippen LogP contribution in [0.4, 0.5) is 0 Å². The standard InChI is InChI=1S/C58H36N2S2/c1-4-17-37(18-5-1)40-23-14-24-41(35-40)54-42(38-19-6-2-7-20-38)33-34-43(39-21-8-3-9-22-39)55(54)58-59-50(48-29-15-27-46-44-25-10-12-31-52(44)61-56(46)48)36-51(60-58)49-30-16-28-47-45-26-11-13-32-53(45)62-57(47)49/h1-36H. The van der Waals surface area contributed by atoms with E-state index in [2.05, 4.69) is 218 Å². The van der Waals surface area contributed by atoms with Gasteiger partial charge in [-0.1, -0.05) is 194 Å². The molecule has 3 heterocycles. The van der Waals surface area contributed by atoms with Crippen molar-refractivity contribution in [1.29, 1.82) is 0 Å². The molecule has 0 spiro atoms. The Balaban J connectivity index is 1.22. The first-order valence-electron chi connectivity index (χ1n) is 20.9. The monoisotopic (exact) mass is 824 g/mol. The van der Waals surface area contributed by atoms with Crippen LogP contribution in [0.2, 0.25) is 0 Å². The van der Waals surface area contributed by atoms with Crippen molar-refractivity contribution in [2.75, 3.05) is 0 Å². The second kappa shape index (κ2) is 15.2. The molecule has 0 aliphatic carbocycles. The summed E-state index contributed by atoms with van der Waals surface area (Å²) in [5.74, 6) is 0.686. The van der Waals surface area contributed by atoms with Crippen molar-refractivity contribution in [3.63, 3.8) is 0 Å². The fraction of sp³-hybridized carbons (Fsp3) is 0. The number of nitrogens with zero attached hydrogens (tertiary/aromatic N) is 2. The lowest BCUT2D eigenvalue weighted by molar-refractivity contribution is 1.19. The average molecular weight is 825 g/mol. The van der Waals surface area contributed by atoms with Crippen LogP contribution in [0.25, 0.3) is 119 Å². The van der Waals surface area contributed by atoms with Gasteiger partial charge in [0.05, 0.1) is 11.4 Å². The van der Waals surface area contributed by atoms with E-state index in [9.17, 15) is 0 Å². The fourth-order valence-electron chi connectivity index (χ4n) is 9.07. The zero-order valence-corrected chi connectivity index (χ0v) is 35.1. The Morgan fingerprint density at radius 3 is 1.24 bits per heavy atom. The van der Waals surface area contributed by atoms with Crippen molar-refractivity contribution in [3.05, 3.63) is 218 Å². The first-order valence-corrected chi connectivity index (χ1v) is 22.5. The molecule has 290 valence electrons. The van der Waals surface area contributed by atoms with E-state index in [1.807, 2.05) is 22.7 Å². The number of benzene rings is 9. The minimum atomic E-state index is 0.686. The molecule has 12 aromatic rings. The largest absolute Gasteiger partial charge is 0.228 e. The number of hydrogen-bond donors (Lipinski definition) is 0. The summed E-state index contributed by atoms with van der Waals surface area (Å²) < 4.78 is 4.98. The molecule has 9 aromatic carbocycles. The van der Waals surface area contributed by atoms with Crippen LogP contribution in [0.15, 0.2) is 218 Å². The lowest BCUT2D eigenvalue weighted by atomic mass is 9.84. The highest BCUT2D eigenvalue weighted by Gasteiger charge is 2.24. The Hall–Kier alpha value is -7.50. The first-order chi connectivity index (χ1) is 30.7. The molecular formula is C58H36N2S2. The van der Waals surface area contributed by atoms with Crippen LogP contribution in [0.1, 0.15) is 0 Å². The lowest BCUT2D eigenvalue weighted by Gasteiger charge is -2.21. The zero-order chi connectivity index (χ0) is 41.0. The van der Waals surface area contributed by atoms with Crippen LogP contribution in [0.5, 0.6) is 0 Å². The van der Waals surface area contributed by atoms with Gasteiger partial charge in [0.15, 0.2) is 5.82 Å². The molecule has 3 aromatic heterocycles. The quantitative estimate of drug-likeness (QED) is 0.160. The molecule has 0 saturated heterocycles. The van der Waals surface area contributed by atoms with Crippen molar-refractivity contribution in [2.24, 2.45) is 0 Å². The molecule has 0 aliphatic rings. The van der Waals surface area contributed by atoms with E-state index in [0.717, 1.165) is 67.0 Å². The Morgan fingerprint density at radius 1 is 0.274 bits per heavy atom. The van der Waals surface area contributed by atoms with Gasteiger partial charge >= 0.3 is 0 Å². The van der Waals surface area contributed by atoms with Gasteiger partial charge in [-0.15, -0.1) is 22.7 Å². The van der Waals surface area contributed by atoms with Crippen LogP contribution in [0, 0.1) is 0 Å². The van der Waals surface area contributed by atoms with Crippen LogP contribution in [0.3, 0.4) is 0 Å². The predicted molar refractivity (Wildman–Crippen MR) is 266 cm³/mol. The third-order valence-electron chi connectivity index (χ3n) is 11.9. The van der Waals surface area contributed by atoms with Crippen LogP contribution in [-0.2, 0) is 0 Å². The maximum absolute atomic E-state index is 5.73. The summed E-state index contributed by atoms with van der Waals surface area (Å²) in [5.41, 5.74) is 14.0. The lowest BCUT2D eigenvalue weighted by Crippen LogP contribution is -2.01. The SMILES string of the molecule is c1ccc(-c2cccc(-c3c(-c4ccccc4)ccc(-c4ccccc4)c3-c3nc(-c4cccc5c4sc4ccccc45)cc(-c4cccc5c4sc4ccccc45)n3)c2)cc1. The van der Waals surface area contributed by atoms with Gasteiger partial charge in [0.25, 0.3) is 0 Å². The number of aromatic nitrogens is 2. The van der Waals surface area contributed by atoms with E-state index in [1.165, 1.54) is 45.9 Å². The van der Waals surface area contributed by atoms with Crippen LogP contribution < -0.4 is 0 Å². The van der Waals surface area contributed by atoms with Gasteiger partial charge in [0.1, 0.15) is 0 Å². The van der Waals surface area contributed by atoms with Crippen molar-refractivity contribution >= 4 is 63.0 Å². The summed E-state index contributed by atoms with van der Waals surface area (Å²) >= 11 is 3.67. The van der Waals surface area contributed by atoms with Gasteiger partial charge in [-0.3, -0.25) is 0 Å². The van der Waals surface area contributed by atoms with Gasteiger partial charge in [-0.25, -0.2) is 9.97 Å². The minimum absolute atomic E-state index is 0.686. The Labute approximate surface area is 367 Å². The van der Waals surface area contributed by atoms with Gasteiger partial charge in [-0.05, 0) is 63.2 Å². The topological polar surface area (TPSA) is 25.8 Å². The smallest absolute Gasteiger partial charge is 0.161 e. The fourth-order valence-corrected chi connectivity index (χ4v) is 11.5. The molecule has 0 N–H and O–H groups in total. The van der Waals surface area contributed by atoms with E-state index in [-0.39, 0.29) is 0 Å². The van der Waals surface area contributed by atoms with Crippen molar-refractivity contribution in [1.82, 2.24) is 9.97 Å². The molecule has 0 amide bonds. The van der Waals surface area contributed by atoms with Gasteiger partial charge in [0.2, 0.25) is 0 Å². The zero-order valence-electron chi connectivity index (χ0n) is 33.5. The molecule has 2 nitrogen and oxygen atoms in total. The summed E-state index contributed by atoms with van der Waals surface area (Å²) in [6, 6.07) is 78.6. The maximum atomic E-state index is 5.73. The molecule has 0 radical (unpaired) electrons. The summed E-state index contributed by atoms with van der Waals surface area (Å²) in [6.45, 7) is 0. The highest BCUT2D eigenvalue weighted by Crippen LogP contribution is 2.48. The highest BCUT2D eigenvalue weighted by molar-refractivity contribution is 7.26. The van der Waals surface area contributed by atoms with Gasteiger partial charge in [-0.2, -0.15) is 0 Å². The first kappa shape index (κ1) is 36.4. The second-order valence-corrected chi connectivity index (χ2v) is 17.7. The molecule has 0 aliphatic heterocycles. The average Bonchev–Trinajstić information content (AvgIpc) is 3.93. The normalized spacial score (nSPS) is 11.5. The van der Waals surface area contributed by atoms with Crippen molar-refractivity contribution in [2.45, 2.75) is 0 Å². The molecule has 12 rings (SSSR count). The molecule has 0 atom stereocenters. The van der Waals surface area contributed by atoms with Gasteiger partial charge in [0, 0.05) is 62.6 Å². The second-order valence-electron chi connectivity index (χ2n) is 15.6. The van der Waals surface area contributed by atoms with E-state index < -0.39 is 0 Å². The Bertz CT molecular complexity index is 3490. The third-order valence-corrected chi connectivity index (χ3v) is 14.4. The van der Waals surface area contributed by atoms with E-state index >= 15 is 0 Å². The summed E-state index contributed by atoms with van der Waals surface area (Å²) in [6.07, 6.45) is 0. The Kier molecular flexibility index (Phi) is 8.91. The van der Waals surface area contributed by atoms with E-state index in [0.29, 0.717) is 5.82 Å². The van der Waals surface area contributed by atoms with E-state index in [1.54, 1.807) is 0 Å². The number of thiophene rings is 2. The molecule has 62 heavy (non-hydrogen) atoms. The summed E-state index contributed by atoms with van der Waals surface area (Å²) in [7, 11) is 0. The third kappa shape index (κ3) is 6.23. The number of hydrogen-bond acceptors (Lipinski definition) is 4. The van der Waals surface area contributed by atoms with Crippen LogP contribution >= 0.6 is 22.7 Å². The molecule has 0 bridgehead atoms. The predicted octanol–water partition coefficient (Wildman–Crippen LogP) is 16.9. The molecule has 0 unspecified atom stereocenters. The summed E-state index contributed by atoms with van der Waals surface area (Å²) in [5, 5.41) is 5.01. The summed E-state index contributed by atoms with van der Waals surface area (Å²) in [4.78, 5) is 11.5. The molecule has 4 heteroatoms. The number of fused-ring (bicyclic) bond motifs is 6. The highest BCUT2D eigenvalue weighted by atomic mass is 32.1. The van der Waals surface area contributed by atoms with E-state index in [4.69, 9.17) is 9.97 Å². The van der Waals surface area contributed by atoms with Crippen molar-refractivity contribution in [3.8, 4) is 78.4 Å². The minimum Gasteiger partial charge on any atom is -0.228 e. The number of rotatable bonds is 7. The van der Waals surface area contributed by atoms with Crippen LogP contribution in [-0.4, -0.2) is 9.97 Å². The van der Waals surface area contributed by atoms with Gasteiger partial charge < -0.3 is 0 Å². The Morgan fingerprint density at radius 2 is 0.694 bits per heavy atom. The molecule has 0 fully saturated rings. The molecular weight excluding hydrogens is 789 g/mol. The maximum Gasteiger partial charge on any atom is 0.161 e.